The summed E-state index contributed by atoms with van der Waals surface area (Å²) < 4.78 is 18.7. The summed E-state index contributed by atoms with van der Waals surface area (Å²) in [6, 6.07) is 15.3. The summed E-state index contributed by atoms with van der Waals surface area (Å²) in [5, 5.41) is 3.63. The number of hydrogen-bond acceptors (Lipinski definition) is 4. The maximum absolute atomic E-state index is 13.3. The van der Waals surface area contributed by atoms with Gasteiger partial charge in [0.15, 0.2) is 5.11 Å². The third kappa shape index (κ3) is 4.98. The molecule has 1 fully saturated rings. The van der Waals surface area contributed by atoms with Gasteiger partial charge >= 0.3 is 0 Å². The van der Waals surface area contributed by atoms with E-state index in [-0.39, 0.29) is 37.1 Å². The predicted molar refractivity (Wildman–Crippen MR) is 122 cm³/mol. The topological polar surface area (TPSA) is 65.8 Å². The molecule has 1 atom stereocenters. The van der Waals surface area contributed by atoms with Gasteiger partial charge in [-0.3, -0.25) is 14.5 Å². The van der Waals surface area contributed by atoms with Gasteiger partial charge in [-0.2, -0.15) is 0 Å². The Hall–Kier alpha value is -3.23. The molecule has 0 bridgehead atoms. The summed E-state index contributed by atoms with van der Waals surface area (Å²) in [5.74, 6) is -0.370. The van der Waals surface area contributed by atoms with Crippen molar-refractivity contribution in [2.24, 2.45) is 0 Å². The number of benzene rings is 2. The molecule has 164 valence electrons. The van der Waals surface area contributed by atoms with E-state index in [0.29, 0.717) is 21.6 Å². The average Bonchev–Trinajstić information content (AvgIpc) is 3.36. The van der Waals surface area contributed by atoms with Gasteiger partial charge in [-0.05, 0) is 66.3 Å². The second-order valence-corrected chi connectivity index (χ2v) is 8.12. The van der Waals surface area contributed by atoms with E-state index in [9.17, 15) is 14.0 Å². The van der Waals surface area contributed by atoms with Gasteiger partial charge in [0, 0.05) is 10.7 Å². The van der Waals surface area contributed by atoms with Crippen LogP contribution in [0.4, 0.5) is 10.1 Å². The van der Waals surface area contributed by atoms with Crippen molar-refractivity contribution in [3.8, 4) is 0 Å². The number of carbonyl (C=O) groups excluding carboxylic acids is 2. The van der Waals surface area contributed by atoms with Gasteiger partial charge in [0.05, 0.1) is 25.8 Å². The summed E-state index contributed by atoms with van der Waals surface area (Å²) in [7, 11) is 0. The van der Waals surface area contributed by atoms with Crippen molar-refractivity contribution < 1.29 is 18.4 Å². The fraction of sp³-hybridized carbons (Fsp3) is 0.174. The van der Waals surface area contributed by atoms with Gasteiger partial charge in [0.2, 0.25) is 5.91 Å². The Bertz CT molecular complexity index is 1120. The van der Waals surface area contributed by atoms with Crippen LogP contribution in [0.3, 0.4) is 0 Å². The van der Waals surface area contributed by atoms with Gasteiger partial charge in [-0.1, -0.05) is 23.7 Å². The highest BCUT2D eigenvalue weighted by Crippen LogP contribution is 2.26. The lowest BCUT2D eigenvalue weighted by molar-refractivity contribution is -0.131. The fourth-order valence-corrected chi connectivity index (χ4v) is 3.95. The molecule has 0 unspecified atom stereocenters. The van der Waals surface area contributed by atoms with Crippen LogP contribution in [0.15, 0.2) is 71.3 Å². The molecule has 0 radical (unpaired) electrons. The number of halogens is 2. The Morgan fingerprint density at radius 3 is 2.47 bits per heavy atom. The first-order valence-electron chi connectivity index (χ1n) is 9.85. The first kappa shape index (κ1) is 22.0. The van der Waals surface area contributed by atoms with Crippen LogP contribution < -0.4 is 5.32 Å². The summed E-state index contributed by atoms with van der Waals surface area (Å²) >= 11 is 11.5. The van der Waals surface area contributed by atoms with Crippen LogP contribution in [0.2, 0.25) is 5.02 Å². The fourth-order valence-electron chi connectivity index (χ4n) is 3.48. The molecule has 2 aromatic carbocycles. The number of nitrogens with zero attached hydrogens (tertiary/aromatic N) is 2. The minimum absolute atomic E-state index is 0.0950. The smallest absolute Gasteiger partial charge is 0.252 e. The summed E-state index contributed by atoms with van der Waals surface area (Å²) in [6.45, 7) is 0.429. The largest absolute Gasteiger partial charge is 0.467 e. The molecule has 2 amide bonds. The van der Waals surface area contributed by atoms with Gasteiger partial charge < -0.3 is 14.6 Å². The first-order valence-corrected chi connectivity index (χ1v) is 10.6. The lowest BCUT2D eigenvalue weighted by Crippen LogP contribution is -2.37. The summed E-state index contributed by atoms with van der Waals surface area (Å²) in [4.78, 5) is 29.1. The minimum Gasteiger partial charge on any atom is -0.467 e. The third-order valence-corrected chi connectivity index (χ3v) is 5.78. The second-order valence-electron chi connectivity index (χ2n) is 7.32. The zero-order chi connectivity index (χ0) is 22.7. The molecule has 1 aliphatic heterocycles. The van der Waals surface area contributed by atoms with Crippen molar-refractivity contribution >= 4 is 46.4 Å². The molecule has 3 aromatic rings. The van der Waals surface area contributed by atoms with Crippen molar-refractivity contribution in [1.29, 1.82) is 0 Å². The Labute approximate surface area is 194 Å². The Kier molecular flexibility index (Phi) is 6.53. The van der Waals surface area contributed by atoms with E-state index in [1.165, 1.54) is 23.3 Å². The normalized spacial score (nSPS) is 16.0. The third-order valence-electron chi connectivity index (χ3n) is 5.07. The average molecular weight is 472 g/mol. The Morgan fingerprint density at radius 1 is 1.09 bits per heavy atom. The molecule has 9 heteroatoms. The van der Waals surface area contributed by atoms with Gasteiger partial charge in [-0.15, -0.1) is 0 Å². The van der Waals surface area contributed by atoms with E-state index in [4.69, 9.17) is 28.2 Å². The molecular formula is C23H19ClFN3O3S. The van der Waals surface area contributed by atoms with Gasteiger partial charge in [0.25, 0.3) is 5.91 Å². The number of hydrogen-bond donors (Lipinski definition) is 1. The number of thiocarbonyl (C=S) groups is 1. The highest BCUT2D eigenvalue weighted by atomic mass is 35.5. The van der Waals surface area contributed by atoms with Crippen molar-refractivity contribution in [2.45, 2.75) is 25.6 Å². The number of carbonyl (C=O) groups is 2. The van der Waals surface area contributed by atoms with Crippen LogP contribution in [0.5, 0.6) is 0 Å². The zero-order valence-corrected chi connectivity index (χ0v) is 18.4. The SMILES string of the molecule is O=C(C[C@@H]1C(=O)N(Cc2ccc(F)cc2)C(=S)N1Cc1ccco1)Nc1ccc(Cl)cc1. The van der Waals surface area contributed by atoms with E-state index in [0.717, 1.165) is 5.56 Å². The van der Waals surface area contributed by atoms with E-state index >= 15 is 0 Å². The van der Waals surface area contributed by atoms with Gasteiger partial charge in [-0.25, -0.2) is 4.39 Å². The lowest BCUT2D eigenvalue weighted by atomic mass is 10.1. The molecule has 1 N–H and O–H groups in total. The first-order chi connectivity index (χ1) is 15.4. The Balaban J connectivity index is 1.53. The van der Waals surface area contributed by atoms with Crippen LogP contribution in [-0.2, 0) is 22.7 Å². The molecule has 32 heavy (non-hydrogen) atoms. The molecular weight excluding hydrogens is 453 g/mol. The van der Waals surface area contributed by atoms with Crippen LogP contribution in [0.1, 0.15) is 17.7 Å². The molecule has 4 rings (SSSR count). The van der Waals surface area contributed by atoms with Crippen LogP contribution in [0, 0.1) is 5.82 Å². The molecule has 1 aromatic heterocycles. The van der Waals surface area contributed by atoms with E-state index in [1.807, 2.05) is 0 Å². The minimum atomic E-state index is -0.791. The molecule has 2 heterocycles. The van der Waals surface area contributed by atoms with Crippen molar-refractivity contribution in [2.75, 3.05) is 5.32 Å². The van der Waals surface area contributed by atoms with E-state index in [2.05, 4.69) is 5.32 Å². The molecule has 0 saturated carbocycles. The molecule has 1 aliphatic rings. The maximum atomic E-state index is 13.3. The number of anilines is 1. The summed E-state index contributed by atoms with van der Waals surface area (Å²) in [5.41, 5.74) is 1.31. The number of rotatable bonds is 7. The van der Waals surface area contributed by atoms with Gasteiger partial charge in [0.1, 0.15) is 17.6 Å². The number of nitrogens with one attached hydrogen (secondary N) is 1. The number of amides is 2. The molecule has 1 saturated heterocycles. The molecule has 0 spiro atoms. The van der Waals surface area contributed by atoms with Crippen molar-refractivity contribution in [3.05, 3.63) is 89.1 Å². The Morgan fingerprint density at radius 2 is 1.81 bits per heavy atom. The highest BCUT2D eigenvalue weighted by molar-refractivity contribution is 7.80. The second kappa shape index (κ2) is 9.50. The molecule has 0 aliphatic carbocycles. The predicted octanol–water partition coefficient (Wildman–Crippen LogP) is 4.60. The monoisotopic (exact) mass is 471 g/mol. The number of furan rings is 1. The highest BCUT2D eigenvalue weighted by Gasteiger charge is 2.43. The van der Waals surface area contributed by atoms with Crippen LogP contribution >= 0.6 is 23.8 Å². The molecule has 6 nitrogen and oxygen atoms in total. The van der Waals surface area contributed by atoms with Crippen molar-refractivity contribution in [1.82, 2.24) is 9.80 Å². The summed E-state index contributed by atoms with van der Waals surface area (Å²) in [6.07, 6.45) is 1.44. The standard InChI is InChI=1S/C23H19ClFN3O3S/c24-16-5-9-18(10-6-16)26-21(29)12-20-22(30)28(13-15-3-7-17(25)8-4-15)23(32)27(20)14-19-2-1-11-31-19/h1-11,20H,12-14H2,(H,26,29)/t20-/m1/s1. The lowest BCUT2D eigenvalue weighted by Gasteiger charge is -2.22. The maximum Gasteiger partial charge on any atom is 0.252 e. The van der Waals surface area contributed by atoms with Crippen molar-refractivity contribution in [3.63, 3.8) is 0 Å². The van der Waals surface area contributed by atoms with E-state index in [1.54, 1.807) is 53.4 Å². The van der Waals surface area contributed by atoms with E-state index < -0.39 is 6.04 Å². The van der Waals surface area contributed by atoms with Crippen LogP contribution in [0.25, 0.3) is 0 Å². The van der Waals surface area contributed by atoms with Crippen LogP contribution in [-0.4, -0.2) is 32.8 Å². The zero-order valence-electron chi connectivity index (χ0n) is 16.8. The quantitative estimate of drug-likeness (QED) is 0.510.